The normalized spacial score (nSPS) is 24.1. The minimum absolute atomic E-state index is 0.145. The number of benzene rings is 1. The van der Waals surface area contributed by atoms with E-state index in [-0.39, 0.29) is 12.2 Å². The lowest BCUT2D eigenvalue weighted by Gasteiger charge is -2.11. The lowest BCUT2D eigenvalue weighted by Crippen LogP contribution is -2.15. The van der Waals surface area contributed by atoms with Crippen molar-refractivity contribution in [1.29, 1.82) is 0 Å². The van der Waals surface area contributed by atoms with E-state index < -0.39 is 0 Å². The van der Waals surface area contributed by atoms with Crippen molar-refractivity contribution in [2.75, 3.05) is 20.3 Å². The predicted octanol–water partition coefficient (Wildman–Crippen LogP) is 2.66. The van der Waals surface area contributed by atoms with E-state index in [1.807, 2.05) is 24.3 Å². The zero-order valence-corrected chi connectivity index (χ0v) is 10.7. The quantitative estimate of drug-likeness (QED) is 0.811. The van der Waals surface area contributed by atoms with Crippen molar-refractivity contribution in [2.24, 2.45) is 0 Å². The van der Waals surface area contributed by atoms with Crippen LogP contribution in [0, 0.1) is 0 Å². The highest BCUT2D eigenvalue weighted by molar-refractivity contribution is 6.31. The van der Waals surface area contributed by atoms with Gasteiger partial charge in [-0.2, -0.15) is 0 Å². The summed E-state index contributed by atoms with van der Waals surface area (Å²) >= 11 is 6.06. The van der Waals surface area contributed by atoms with Gasteiger partial charge in [-0.1, -0.05) is 29.8 Å². The molecule has 0 aliphatic carbocycles. The Bertz CT molecular complexity index is 356. The molecule has 0 radical (unpaired) electrons. The largest absolute Gasteiger partial charge is 0.382 e. The summed E-state index contributed by atoms with van der Waals surface area (Å²) in [5.41, 5.74) is 1.02. The van der Waals surface area contributed by atoms with Crippen LogP contribution in [-0.4, -0.2) is 32.5 Å². The van der Waals surface area contributed by atoms with Crippen molar-refractivity contribution in [3.63, 3.8) is 0 Å². The van der Waals surface area contributed by atoms with E-state index in [1.54, 1.807) is 7.11 Å². The van der Waals surface area contributed by atoms with Crippen molar-refractivity contribution < 1.29 is 14.2 Å². The fourth-order valence-electron chi connectivity index (χ4n) is 1.91. The van der Waals surface area contributed by atoms with E-state index >= 15 is 0 Å². The van der Waals surface area contributed by atoms with Gasteiger partial charge in [0.25, 0.3) is 0 Å². The summed E-state index contributed by atoms with van der Waals surface area (Å²) in [5.74, 6) is 0. The molecule has 1 fully saturated rings. The topological polar surface area (TPSA) is 27.7 Å². The van der Waals surface area contributed by atoms with E-state index in [9.17, 15) is 0 Å². The molecule has 0 aromatic heterocycles. The van der Waals surface area contributed by atoms with E-state index in [4.69, 9.17) is 25.8 Å². The van der Waals surface area contributed by atoms with Crippen LogP contribution in [0.2, 0.25) is 5.02 Å². The Morgan fingerprint density at radius 3 is 3.00 bits per heavy atom. The standard InChI is InChI=1S/C13H17ClO3/c1-15-8-11-6-12(9-17-11)16-7-10-4-2-3-5-13(10)14/h2-5,11-12H,6-9H2,1H3. The fraction of sp³-hybridized carbons (Fsp3) is 0.538. The first-order chi connectivity index (χ1) is 8.29. The van der Waals surface area contributed by atoms with Gasteiger partial charge >= 0.3 is 0 Å². The Balaban J connectivity index is 1.78. The summed E-state index contributed by atoms with van der Waals surface area (Å²) in [6.45, 7) is 1.80. The summed E-state index contributed by atoms with van der Waals surface area (Å²) < 4.78 is 16.4. The van der Waals surface area contributed by atoms with Crippen molar-refractivity contribution in [2.45, 2.75) is 25.2 Å². The molecule has 0 spiro atoms. The van der Waals surface area contributed by atoms with Gasteiger partial charge < -0.3 is 14.2 Å². The Morgan fingerprint density at radius 2 is 2.24 bits per heavy atom. The highest BCUT2D eigenvalue weighted by Gasteiger charge is 2.25. The number of ether oxygens (including phenoxy) is 3. The van der Waals surface area contributed by atoms with Crippen molar-refractivity contribution in [1.82, 2.24) is 0 Å². The van der Waals surface area contributed by atoms with Crippen LogP contribution in [0.1, 0.15) is 12.0 Å². The summed E-state index contributed by atoms with van der Waals surface area (Å²) in [7, 11) is 1.68. The molecular weight excluding hydrogens is 240 g/mol. The van der Waals surface area contributed by atoms with Gasteiger partial charge in [-0.25, -0.2) is 0 Å². The number of hydrogen-bond donors (Lipinski definition) is 0. The third kappa shape index (κ3) is 3.68. The van der Waals surface area contributed by atoms with Crippen LogP contribution in [0.15, 0.2) is 24.3 Å². The van der Waals surface area contributed by atoms with E-state index in [2.05, 4.69) is 0 Å². The molecule has 1 aromatic rings. The van der Waals surface area contributed by atoms with Gasteiger partial charge in [-0.3, -0.25) is 0 Å². The van der Waals surface area contributed by atoms with E-state index in [0.29, 0.717) is 19.8 Å². The molecule has 17 heavy (non-hydrogen) atoms. The number of methoxy groups -OCH3 is 1. The van der Waals surface area contributed by atoms with Crippen LogP contribution in [0.5, 0.6) is 0 Å². The van der Waals surface area contributed by atoms with Crippen LogP contribution < -0.4 is 0 Å². The molecule has 1 aliphatic rings. The first kappa shape index (κ1) is 12.8. The zero-order chi connectivity index (χ0) is 12.1. The third-order valence-electron chi connectivity index (χ3n) is 2.83. The summed E-state index contributed by atoms with van der Waals surface area (Å²) in [5, 5.41) is 0.750. The summed E-state index contributed by atoms with van der Waals surface area (Å²) in [4.78, 5) is 0. The average molecular weight is 257 g/mol. The molecule has 1 saturated heterocycles. The van der Waals surface area contributed by atoms with Crippen molar-refractivity contribution in [3.05, 3.63) is 34.9 Å². The highest BCUT2D eigenvalue weighted by Crippen LogP contribution is 2.20. The van der Waals surface area contributed by atoms with Crippen LogP contribution in [0.4, 0.5) is 0 Å². The number of halogens is 1. The average Bonchev–Trinajstić information content (AvgIpc) is 2.76. The molecule has 1 aliphatic heterocycles. The summed E-state index contributed by atoms with van der Waals surface area (Å²) in [6.07, 6.45) is 1.20. The molecule has 3 nitrogen and oxygen atoms in total. The minimum atomic E-state index is 0.145. The monoisotopic (exact) mass is 256 g/mol. The molecule has 0 saturated carbocycles. The first-order valence-corrected chi connectivity index (χ1v) is 6.13. The van der Waals surface area contributed by atoms with E-state index in [0.717, 1.165) is 17.0 Å². The molecular formula is C13H17ClO3. The van der Waals surface area contributed by atoms with Gasteiger partial charge in [-0.15, -0.1) is 0 Å². The SMILES string of the molecule is COCC1CC(OCc2ccccc2Cl)CO1. The lowest BCUT2D eigenvalue weighted by atomic mass is 10.2. The second-order valence-electron chi connectivity index (χ2n) is 4.17. The number of hydrogen-bond acceptors (Lipinski definition) is 3. The van der Waals surface area contributed by atoms with Crippen molar-refractivity contribution >= 4 is 11.6 Å². The Morgan fingerprint density at radius 1 is 1.41 bits per heavy atom. The summed E-state index contributed by atoms with van der Waals surface area (Å²) in [6, 6.07) is 7.73. The van der Waals surface area contributed by atoms with Gasteiger partial charge in [0.15, 0.2) is 0 Å². The van der Waals surface area contributed by atoms with Crippen LogP contribution in [-0.2, 0) is 20.8 Å². The van der Waals surface area contributed by atoms with Crippen LogP contribution in [0.3, 0.4) is 0 Å². The molecule has 0 amide bonds. The van der Waals surface area contributed by atoms with Gasteiger partial charge in [0.1, 0.15) is 0 Å². The molecule has 1 heterocycles. The molecule has 0 bridgehead atoms. The maximum Gasteiger partial charge on any atom is 0.0838 e. The van der Waals surface area contributed by atoms with Gasteiger partial charge in [-0.05, 0) is 11.6 Å². The molecule has 4 heteroatoms. The van der Waals surface area contributed by atoms with Crippen LogP contribution >= 0.6 is 11.6 Å². The lowest BCUT2D eigenvalue weighted by molar-refractivity contribution is 0.0162. The van der Waals surface area contributed by atoms with Crippen LogP contribution in [0.25, 0.3) is 0 Å². The Kier molecular flexibility index (Phi) is 4.80. The highest BCUT2D eigenvalue weighted by atomic mass is 35.5. The van der Waals surface area contributed by atoms with Gasteiger partial charge in [0.2, 0.25) is 0 Å². The fourth-order valence-corrected chi connectivity index (χ4v) is 2.10. The van der Waals surface area contributed by atoms with E-state index in [1.165, 1.54) is 0 Å². The Hall–Kier alpha value is -0.610. The molecule has 2 rings (SSSR count). The number of rotatable bonds is 5. The molecule has 2 atom stereocenters. The third-order valence-corrected chi connectivity index (χ3v) is 3.20. The Labute approximate surface area is 107 Å². The second kappa shape index (κ2) is 6.36. The second-order valence-corrected chi connectivity index (χ2v) is 4.58. The smallest absolute Gasteiger partial charge is 0.0838 e. The van der Waals surface area contributed by atoms with Gasteiger partial charge in [0.05, 0.1) is 32.0 Å². The maximum absolute atomic E-state index is 6.06. The first-order valence-electron chi connectivity index (χ1n) is 5.75. The zero-order valence-electron chi connectivity index (χ0n) is 9.90. The molecule has 1 aromatic carbocycles. The maximum atomic E-state index is 6.06. The van der Waals surface area contributed by atoms with Crippen molar-refractivity contribution in [3.8, 4) is 0 Å². The predicted molar refractivity (Wildman–Crippen MR) is 66.3 cm³/mol. The molecule has 94 valence electrons. The molecule has 2 unspecified atom stereocenters. The molecule has 0 N–H and O–H groups in total. The van der Waals surface area contributed by atoms with Gasteiger partial charge in [0, 0.05) is 18.6 Å². The minimum Gasteiger partial charge on any atom is -0.382 e.